The number of hydrogen-bond donors (Lipinski definition) is 1. The Bertz CT molecular complexity index is 522. The maximum Gasteiger partial charge on any atom is 0.152 e. The van der Waals surface area contributed by atoms with Crippen molar-refractivity contribution in [2.75, 3.05) is 18.1 Å². The van der Waals surface area contributed by atoms with E-state index < -0.39 is 9.84 Å². The molecule has 1 N–H and O–H groups in total. The van der Waals surface area contributed by atoms with Gasteiger partial charge in [-0.25, -0.2) is 8.42 Å². The summed E-state index contributed by atoms with van der Waals surface area (Å²) >= 11 is 0. The molecule has 0 amide bonds. The van der Waals surface area contributed by atoms with E-state index >= 15 is 0 Å². The standard InChI is InChI=1S/C14H19NO2S/c1-14(9-11-18(16,17)12-14)15-10-5-8-13-6-3-2-4-7-13/h2-8,15H,9-12H2,1H3/b8-5+. The molecule has 2 rings (SSSR count). The van der Waals surface area contributed by atoms with Crippen LogP contribution in [0.15, 0.2) is 36.4 Å². The third-order valence-electron chi connectivity index (χ3n) is 3.26. The van der Waals surface area contributed by atoms with Gasteiger partial charge in [-0.2, -0.15) is 0 Å². The van der Waals surface area contributed by atoms with Crippen LogP contribution < -0.4 is 5.32 Å². The summed E-state index contributed by atoms with van der Waals surface area (Å²) < 4.78 is 22.9. The van der Waals surface area contributed by atoms with Gasteiger partial charge in [0.25, 0.3) is 0 Å². The predicted octanol–water partition coefficient (Wildman–Crippen LogP) is 1.87. The Kier molecular flexibility index (Phi) is 3.88. The average Bonchev–Trinajstić information content (AvgIpc) is 2.61. The topological polar surface area (TPSA) is 46.2 Å². The van der Waals surface area contributed by atoms with Crippen molar-refractivity contribution in [1.29, 1.82) is 0 Å². The summed E-state index contributed by atoms with van der Waals surface area (Å²) in [5.41, 5.74) is 0.892. The molecule has 98 valence electrons. The minimum absolute atomic E-state index is 0.249. The van der Waals surface area contributed by atoms with E-state index in [2.05, 4.69) is 5.32 Å². The van der Waals surface area contributed by atoms with Crippen molar-refractivity contribution in [2.24, 2.45) is 0 Å². The minimum Gasteiger partial charge on any atom is -0.307 e. The van der Waals surface area contributed by atoms with E-state index in [-0.39, 0.29) is 11.3 Å². The van der Waals surface area contributed by atoms with Crippen LogP contribution in [0.1, 0.15) is 18.9 Å². The van der Waals surface area contributed by atoms with Gasteiger partial charge in [-0.3, -0.25) is 0 Å². The minimum atomic E-state index is -2.83. The van der Waals surface area contributed by atoms with Gasteiger partial charge in [0, 0.05) is 12.1 Å². The summed E-state index contributed by atoms with van der Waals surface area (Å²) in [4.78, 5) is 0. The van der Waals surface area contributed by atoms with E-state index in [1.165, 1.54) is 0 Å². The van der Waals surface area contributed by atoms with Crippen LogP contribution in [0.2, 0.25) is 0 Å². The zero-order chi connectivity index (χ0) is 13.1. The summed E-state index contributed by atoms with van der Waals surface area (Å²) in [5.74, 6) is 0.554. The first kappa shape index (κ1) is 13.3. The van der Waals surface area contributed by atoms with Gasteiger partial charge in [0.1, 0.15) is 0 Å². The molecule has 1 unspecified atom stereocenters. The molecule has 18 heavy (non-hydrogen) atoms. The van der Waals surface area contributed by atoms with Crippen LogP contribution >= 0.6 is 0 Å². The largest absolute Gasteiger partial charge is 0.307 e. The first-order valence-electron chi connectivity index (χ1n) is 6.16. The van der Waals surface area contributed by atoms with Crippen molar-refractivity contribution in [3.63, 3.8) is 0 Å². The normalized spacial score (nSPS) is 26.7. The Hall–Kier alpha value is -1.13. The SMILES string of the molecule is CC1(NC/C=C/c2ccccc2)CCS(=O)(=O)C1. The van der Waals surface area contributed by atoms with Crippen molar-refractivity contribution in [3.05, 3.63) is 42.0 Å². The first-order chi connectivity index (χ1) is 8.49. The zero-order valence-corrected chi connectivity index (χ0v) is 11.4. The highest BCUT2D eigenvalue weighted by molar-refractivity contribution is 7.91. The highest BCUT2D eigenvalue weighted by Gasteiger charge is 2.37. The molecule has 4 heteroatoms. The third kappa shape index (κ3) is 3.68. The molecule has 1 aromatic rings. The first-order valence-corrected chi connectivity index (χ1v) is 7.98. The highest BCUT2D eigenvalue weighted by Crippen LogP contribution is 2.22. The van der Waals surface area contributed by atoms with E-state index in [0.717, 1.165) is 5.56 Å². The van der Waals surface area contributed by atoms with Crippen LogP contribution in [0.5, 0.6) is 0 Å². The van der Waals surface area contributed by atoms with Crippen LogP contribution in [0.4, 0.5) is 0 Å². The second-order valence-corrected chi connectivity index (χ2v) is 7.28. The molecule has 1 aliphatic heterocycles. The molecule has 1 atom stereocenters. The smallest absolute Gasteiger partial charge is 0.152 e. The number of nitrogens with one attached hydrogen (secondary N) is 1. The van der Waals surface area contributed by atoms with Crippen LogP contribution in [-0.2, 0) is 9.84 Å². The molecule has 3 nitrogen and oxygen atoms in total. The van der Waals surface area contributed by atoms with E-state index in [9.17, 15) is 8.42 Å². The van der Waals surface area contributed by atoms with Crippen LogP contribution in [0.25, 0.3) is 6.08 Å². The average molecular weight is 265 g/mol. The summed E-state index contributed by atoms with van der Waals surface area (Å²) in [5, 5.41) is 3.32. The number of rotatable bonds is 4. The second-order valence-electron chi connectivity index (χ2n) is 5.10. The lowest BCUT2D eigenvalue weighted by molar-refractivity contribution is 0.418. The Morgan fingerprint density at radius 3 is 2.67 bits per heavy atom. The number of benzene rings is 1. The van der Waals surface area contributed by atoms with Gasteiger partial charge >= 0.3 is 0 Å². The lowest BCUT2D eigenvalue weighted by Gasteiger charge is -2.22. The monoisotopic (exact) mass is 265 g/mol. The van der Waals surface area contributed by atoms with Crippen molar-refractivity contribution >= 4 is 15.9 Å². The molecular formula is C14H19NO2S. The highest BCUT2D eigenvalue weighted by atomic mass is 32.2. The lowest BCUT2D eigenvalue weighted by atomic mass is 10.0. The van der Waals surface area contributed by atoms with Crippen LogP contribution in [-0.4, -0.2) is 32.0 Å². The molecule has 0 aliphatic carbocycles. The van der Waals surface area contributed by atoms with Gasteiger partial charge in [0.2, 0.25) is 0 Å². The molecule has 0 bridgehead atoms. The van der Waals surface area contributed by atoms with Crippen molar-refractivity contribution in [2.45, 2.75) is 18.9 Å². The second kappa shape index (κ2) is 5.24. The lowest BCUT2D eigenvalue weighted by Crippen LogP contribution is -2.43. The molecule has 0 aromatic heterocycles. The summed E-state index contributed by atoms with van der Waals surface area (Å²) in [6, 6.07) is 10.1. The zero-order valence-electron chi connectivity index (χ0n) is 10.6. The molecule has 0 radical (unpaired) electrons. The molecule has 1 aromatic carbocycles. The predicted molar refractivity (Wildman–Crippen MR) is 75.2 cm³/mol. The number of hydrogen-bond acceptors (Lipinski definition) is 3. The van der Waals surface area contributed by atoms with Crippen molar-refractivity contribution < 1.29 is 8.42 Å². The van der Waals surface area contributed by atoms with Crippen LogP contribution in [0.3, 0.4) is 0 Å². The maximum absolute atomic E-state index is 11.4. The van der Waals surface area contributed by atoms with Crippen molar-refractivity contribution in [3.8, 4) is 0 Å². The van der Waals surface area contributed by atoms with Gasteiger partial charge < -0.3 is 5.32 Å². The fourth-order valence-electron chi connectivity index (χ4n) is 2.21. The summed E-state index contributed by atoms with van der Waals surface area (Å²) in [6.07, 6.45) is 4.78. The van der Waals surface area contributed by atoms with Crippen LogP contribution in [0, 0.1) is 0 Å². The molecular weight excluding hydrogens is 246 g/mol. The molecule has 0 spiro atoms. The fourth-order valence-corrected chi connectivity index (χ4v) is 4.34. The summed E-state index contributed by atoms with van der Waals surface area (Å²) in [6.45, 7) is 2.68. The maximum atomic E-state index is 11.4. The Balaban J connectivity index is 1.84. The fraction of sp³-hybridized carbons (Fsp3) is 0.429. The quantitative estimate of drug-likeness (QED) is 0.904. The van der Waals surface area contributed by atoms with Crippen molar-refractivity contribution in [1.82, 2.24) is 5.32 Å². The Labute approximate surface area is 109 Å². The molecule has 1 heterocycles. The molecule has 1 saturated heterocycles. The van der Waals surface area contributed by atoms with E-state index in [4.69, 9.17) is 0 Å². The van der Waals surface area contributed by atoms with E-state index in [1.54, 1.807) is 0 Å². The van der Waals surface area contributed by atoms with Gasteiger partial charge in [0.15, 0.2) is 9.84 Å². The third-order valence-corrected chi connectivity index (χ3v) is 5.16. The molecule has 0 saturated carbocycles. The number of sulfone groups is 1. The van der Waals surface area contributed by atoms with Gasteiger partial charge in [-0.05, 0) is 18.9 Å². The van der Waals surface area contributed by atoms with E-state index in [1.807, 2.05) is 49.4 Å². The summed E-state index contributed by atoms with van der Waals surface area (Å²) in [7, 11) is -2.83. The van der Waals surface area contributed by atoms with Gasteiger partial charge in [-0.15, -0.1) is 0 Å². The van der Waals surface area contributed by atoms with Gasteiger partial charge in [0.05, 0.1) is 11.5 Å². The Morgan fingerprint density at radius 1 is 1.33 bits per heavy atom. The molecule has 1 fully saturated rings. The Morgan fingerprint density at radius 2 is 2.06 bits per heavy atom. The molecule has 1 aliphatic rings. The van der Waals surface area contributed by atoms with E-state index in [0.29, 0.717) is 18.7 Å². The van der Waals surface area contributed by atoms with Gasteiger partial charge in [-0.1, -0.05) is 42.5 Å².